The zero-order valence-corrected chi connectivity index (χ0v) is 12.0. The smallest absolute Gasteiger partial charge is 0.251 e. The molecule has 1 saturated heterocycles. The van der Waals surface area contributed by atoms with Crippen molar-refractivity contribution in [1.82, 2.24) is 5.32 Å². The summed E-state index contributed by atoms with van der Waals surface area (Å²) in [6.45, 7) is 3.79. The lowest BCUT2D eigenvalue weighted by atomic mass is 10.1. The molecule has 1 unspecified atom stereocenters. The van der Waals surface area contributed by atoms with E-state index in [1.54, 1.807) is 12.1 Å². The van der Waals surface area contributed by atoms with Gasteiger partial charge >= 0.3 is 0 Å². The molecule has 2 rings (SSSR count). The van der Waals surface area contributed by atoms with Crippen LogP contribution in [0.5, 0.6) is 0 Å². The summed E-state index contributed by atoms with van der Waals surface area (Å²) in [5.74, 6) is 5.22. The lowest BCUT2D eigenvalue weighted by Crippen LogP contribution is -2.39. The van der Waals surface area contributed by atoms with Crippen LogP contribution >= 0.6 is 0 Å². The first kappa shape index (κ1) is 15.5. The molecule has 1 aliphatic rings. The Morgan fingerprint density at radius 1 is 1.43 bits per heavy atom. The van der Waals surface area contributed by atoms with Crippen molar-refractivity contribution in [2.75, 3.05) is 33.0 Å². The maximum atomic E-state index is 12.2. The van der Waals surface area contributed by atoms with Crippen LogP contribution in [-0.4, -0.2) is 50.1 Å². The molecular weight excluding hydrogens is 270 g/mol. The van der Waals surface area contributed by atoms with Gasteiger partial charge in [-0.05, 0) is 30.7 Å². The SMILES string of the molecule is Cc1cc(C#CCO)cc(C(=O)NCC2COCCO2)c1. The zero-order chi connectivity index (χ0) is 15.1. The molecule has 1 amide bonds. The highest BCUT2D eigenvalue weighted by molar-refractivity contribution is 5.94. The van der Waals surface area contributed by atoms with Gasteiger partial charge in [-0.2, -0.15) is 0 Å². The molecule has 1 aromatic carbocycles. The van der Waals surface area contributed by atoms with Crippen molar-refractivity contribution in [3.05, 3.63) is 34.9 Å². The minimum atomic E-state index is -0.200. The molecular formula is C16H19NO4. The molecule has 21 heavy (non-hydrogen) atoms. The molecule has 0 radical (unpaired) electrons. The Kier molecular flexibility index (Phi) is 5.76. The minimum Gasteiger partial charge on any atom is -0.384 e. The van der Waals surface area contributed by atoms with Gasteiger partial charge < -0.3 is 19.9 Å². The van der Waals surface area contributed by atoms with Gasteiger partial charge in [-0.15, -0.1) is 0 Å². The van der Waals surface area contributed by atoms with E-state index in [9.17, 15) is 4.79 Å². The van der Waals surface area contributed by atoms with Gasteiger partial charge in [0.1, 0.15) is 6.61 Å². The molecule has 0 aromatic heterocycles. The van der Waals surface area contributed by atoms with Crippen LogP contribution in [0.2, 0.25) is 0 Å². The number of carbonyl (C=O) groups is 1. The van der Waals surface area contributed by atoms with Crippen LogP contribution in [0.1, 0.15) is 21.5 Å². The van der Waals surface area contributed by atoms with E-state index in [0.29, 0.717) is 37.5 Å². The Balaban J connectivity index is 1.99. The third kappa shape index (κ3) is 4.87. The van der Waals surface area contributed by atoms with Crippen LogP contribution in [0.3, 0.4) is 0 Å². The predicted octanol–water partition coefficient (Wildman–Crippen LogP) is 0.484. The first-order valence-electron chi connectivity index (χ1n) is 6.88. The van der Waals surface area contributed by atoms with Gasteiger partial charge in [0.25, 0.3) is 5.91 Å². The van der Waals surface area contributed by atoms with Crippen LogP contribution < -0.4 is 5.32 Å². The molecule has 2 N–H and O–H groups in total. The maximum Gasteiger partial charge on any atom is 0.251 e. The Hall–Kier alpha value is -1.87. The topological polar surface area (TPSA) is 67.8 Å². The second-order valence-electron chi connectivity index (χ2n) is 4.83. The number of aryl methyl sites for hydroxylation is 1. The van der Waals surface area contributed by atoms with E-state index in [2.05, 4.69) is 17.2 Å². The van der Waals surface area contributed by atoms with Gasteiger partial charge in [-0.3, -0.25) is 4.79 Å². The first-order valence-corrected chi connectivity index (χ1v) is 6.88. The summed E-state index contributed by atoms with van der Waals surface area (Å²) in [7, 11) is 0. The number of rotatable bonds is 3. The Bertz CT molecular complexity index is 553. The van der Waals surface area contributed by atoms with Crippen LogP contribution in [0, 0.1) is 18.8 Å². The largest absolute Gasteiger partial charge is 0.384 e. The average Bonchev–Trinajstić information content (AvgIpc) is 2.51. The fourth-order valence-corrected chi connectivity index (χ4v) is 2.09. The lowest BCUT2D eigenvalue weighted by molar-refractivity contribution is -0.0855. The van der Waals surface area contributed by atoms with Gasteiger partial charge in [-0.25, -0.2) is 0 Å². The fraction of sp³-hybridized carbons (Fsp3) is 0.438. The van der Waals surface area contributed by atoms with Gasteiger partial charge in [0.15, 0.2) is 0 Å². The molecule has 1 heterocycles. The van der Waals surface area contributed by atoms with Gasteiger partial charge in [0, 0.05) is 17.7 Å². The van der Waals surface area contributed by atoms with E-state index in [0.717, 1.165) is 5.56 Å². The second kappa shape index (κ2) is 7.79. The number of aliphatic hydroxyl groups excluding tert-OH is 1. The highest BCUT2D eigenvalue weighted by Gasteiger charge is 2.16. The Morgan fingerprint density at radius 3 is 3.00 bits per heavy atom. The second-order valence-corrected chi connectivity index (χ2v) is 4.83. The van der Waals surface area contributed by atoms with Crippen molar-refractivity contribution in [3.8, 4) is 11.8 Å². The van der Waals surface area contributed by atoms with Gasteiger partial charge in [0.05, 0.1) is 25.9 Å². The van der Waals surface area contributed by atoms with E-state index in [1.165, 1.54) is 0 Å². The highest BCUT2D eigenvalue weighted by Crippen LogP contribution is 2.09. The summed E-state index contributed by atoms with van der Waals surface area (Å²) in [5, 5.41) is 11.6. The highest BCUT2D eigenvalue weighted by atomic mass is 16.6. The molecule has 1 aliphatic heterocycles. The monoisotopic (exact) mass is 289 g/mol. The number of hydrogen-bond donors (Lipinski definition) is 2. The number of ether oxygens (including phenoxy) is 2. The molecule has 5 nitrogen and oxygen atoms in total. The molecule has 0 bridgehead atoms. The number of nitrogens with one attached hydrogen (secondary N) is 1. The third-order valence-electron chi connectivity index (χ3n) is 3.03. The molecule has 5 heteroatoms. The average molecular weight is 289 g/mol. The predicted molar refractivity (Wildman–Crippen MR) is 78.0 cm³/mol. The van der Waals surface area contributed by atoms with E-state index in [-0.39, 0.29) is 18.6 Å². The zero-order valence-electron chi connectivity index (χ0n) is 12.0. The van der Waals surface area contributed by atoms with Gasteiger partial charge in [0.2, 0.25) is 0 Å². The molecule has 1 aromatic rings. The van der Waals surface area contributed by atoms with E-state index in [4.69, 9.17) is 14.6 Å². The summed E-state index contributed by atoms with van der Waals surface area (Å²) in [6, 6.07) is 5.39. The number of carbonyl (C=O) groups excluding carboxylic acids is 1. The van der Waals surface area contributed by atoms with Gasteiger partial charge in [-0.1, -0.05) is 11.8 Å². The fourth-order valence-electron chi connectivity index (χ4n) is 2.09. The van der Waals surface area contributed by atoms with Crippen molar-refractivity contribution in [2.24, 2.45) is 0 Å². The van der Waals surface area contributed by atoms with Crippen molar-refractivity contribution >= 4 is 5.91 Å². The van der Waals surface area contributed by atoms with Crippen LogP contribution in [0.4, 0.5) is 0 Å². The van der Waals surface area contributed by atoms with Crippen molar-refractivity contribution in [1.29, 1.82) is 0 Å². The molecule has 1 atom stereocenters. The van der Waals surface area contributed by atoms with Crippen molar-refractivity contribution in [3.63, 3.8) is 0 Å². The standard InChI is InChI=1S/C16H19NO4/c1-12-7-13(3-2-4-18)9-14(8-12)16(19)17-10-15-11-20-5-6-21-15/h7-9,15,18H,4-6,10-11H2,1H3,(H,17,19). The van der Waals surface area contributed by atoms with E-state index in [1.807, 2.05) is 13.0 Å². The summed E-state index contributed by atoms with van der Waals surface area (Å²) < 4.78 is 10.8. The van der Waals surface area contributed by atoms with E-state index >= 15 is 0 Å². The Morgan fingerprint density at radius 2 is 2.29 bits per heavy atom. The van der Waals surface area contributed by atoms with Crippen LogP contribution in [-0.2, 0) is 9.47 Å². The summed E-state index contributed by atoms with van der Waals surface area (Å²) >= 11 is 0. The summed E-state index contributed by atoms with van der Waals surface area (Å²) in [4.78, 5) is 12.2. The normalized spacial score (nSPS) is 17.7. The van der Waals surface area contributed by atoms with Crippen molar-refractivity contribution < 1.29 is 19.4 Å². The molecule has 0 saturated carbocycles. The molecule has 112 valence electrons. The molecule has 1 fully saturated rings. The molecule has 0 spiro atoms. The maximum absolute atomic E-state index is 12.2. The third-order valence-corrected chi connectivity index (χ3v) is 3.03. The number of benzene rings is 1. The van der Waals surface area contributed by atoms with Crippen molar-refractivity contribution in [2.45, 2.75) is 13.0 Å². The van der Waals surface area contributed by atoms with Crippen LogP contribution in [0.25, 0.3) is 0 Å². The van der Waals surface area contributed by atoms with Crippen LogP contribution in [0.15, 0.2) is 18.2 Å². The molecule has 0 aliphatic carbocycles. The number of aliphatic hydroxyl groups is 1. The number of hydrogen-bond acceptors (Lipinski definition) is 4. The quantitative estimate of drug-likeness (QED) is 0.795. The summed E-state index contributed by atoms with van der Waals surface area (Å²) in [5.41, 5.74) is 2.21. The minimum absolute atomic E-state index is 0.0961. The first-order chi connectivity index (χ1) is 10.2. The number of amides is 1. The lowest BCUT2D eigenvalue weighted by Gasteiger charge is -2.23. The Labute approximate surface area is 124 Å². The van der Waals surface area contributed by atoms with E-state index < -0.39 is 0 Å². The summed E-state index contributed by atoms with van der Waals surface area (Å²) in [6.07, 6.45) is -0.0961.